The summed E-state index contributed by atoms with van der Waals surface area (Å²) in [6.07, 6.45) is 0. The number of para-hydroxylation sites is 6. The summed E-state index contributed by atoms with van der Waals surface area (Å²) in [5.41, 5.74) is 0.912. The standard InChI is InChI=1S/C36H28O8P2/c37-45(39-29-17-5-1-6-18-29,40-30-19-7-2-8-20-30)43-35-27-15-13-25-33(35)34-26-14-16-28-36(34)44-46(38,41-31-21-9-3-10-22-31)42-32-23-11-4-12-24-32/h1-28H. The average molecular weight is 651 g/mol. The molecule has 0 unspecified atom stereocenters. The fourth-order valence-corrected chi connectivity index (χ4v) is 6.88. The van der Waals surface area contributed by atoms with E-state index in [9.17, 15) is 9.13 Å². The highest BCUT2D eigenvalue weighted by atomic mass is 31.2. The van der Waals surface area contributed by atoms with Gasteiger partial charge in [-0.3, -0.25) is 0 Å². The normalized spacial score (nSPS) is 11.2. The molecule has 0 spiro atoms. The van der Waals surface area contributed by atoms with E-state index in [1.165, 1.54) is 0 Å². The molecule has 6 aromatic carbocycles. The first-order valence-electron chi connectivity index (χ1n) is 14.2. The Morgan fingerprint density at radius 1 is 0.283 bits per heavy atom. The van der Waals surface area contributed by atoms with Crippen LogP contribution in [0, 0.1) is 0 Å². The average Bonchev–Trinajstić information content (AvgIpc) is 3.07. The van der Waals surface area contributed by atoms with E-state index in [2.05, 4.69) is 0 Å². The van der Waals surface area contributed by atoms with Gasteiger partial charge in [-0.1, -0.05) is 109 Å². The minimum Gasteiger partial charge on any atom is -0.386 e. The van der Waals surface area contributed by atoms with Gasteiger partial charge in [-0.05, 0) is 60.7 Å². The third kappa shape index (κ3) is 7.99. The fourth-order valence-electron chi connectivity index (χ4n) is 4.33. The van der Waals surface area contributed by atoms with Crippen LogP contribution in [0.1, 0.15) is 0 Å². The van der Waals surface area contributed by atoms with Gasteiger partial charge < -0.3 is 27.1 Å². The minimum atomic E-state index is -4.33. The van der Waals surface area contributed by atoms with Crippen molar-refractivity contribution in [2.24, 2.45) is 0 Å². The van der Waals surface area contributed by atoms with E-state index in [1.54, 1.807) is 146 Å². The highest BCUT2D eigenvalue weighted by molar-refractivity contribution is 7.50. The maximum atomic E-state index is 14.2. The molecule has 6 aromatic rings. The molecule has 0 saturated heterocycles. The third-order valence-electron chi connectivity index (χ3n) is 6.33. The predicted octanol–water partition coefficient (Wildman–Crippen LogP) is 10.6. The zero-order valence-corrected chi connectivity index (χ0v) is 26.1. The van der Waals surface area contributed by atoms with Crippen LogP contribution in [0.3, 0.4) is 0 Å². The minimum absolute atomic E-state index is 0.163. The van der Waals surface area contributed by atoms with Crippen molar-refractivity contribution in [2.75, 3.05) is 0 Å². The molecule has 0 radical (unpaired) electrons. The summed E-state index contributed by atoms with van der Waals surface area (Å²) in [6.45, 7) is 0. The summed E-state index contributed by atoms with van der Waals surface area (Å²) in [7, 11) is -8.65. The van der Waals surface area contributed by atoms with Crippen LogP contribution in [0.2, 0.25) is 0 Å². The Morgan fingerprint density at radius 2 is 0.522 bits per heavy atom. The largest absolute Gasteiger partial charge is 0.647 e. The first-order valence-corrected chi connectivity index (χ1v) is 17.2. The zero-order valence-electron chi connectivity index (χ0n) is 24.3. The van der Waals surface area contributed by atoms with Gasteiger partial charge in [0, 0.05) is 11.1 Å². The molecule has 0 aromatic heterocycles. The molecule has 0 saturated carbocycles. The smallest absolute Gasteiger partial charge is 0.386 e. The van der Waals surface area contributed by atoms with Crippen LogP contribution in [-0.2, 0) is 9.13 Å². The summed E-state index contributed by atoms with van der Waals surface area (Å²) in [5.74, 6) is 1.49. The Balaban J connectivity index is 1.36. The summed E-state index contributed by atoms with van der Waals surface area (Å²) in [6, 6.07) is 48.2. The lowest BCUT2D eigenvalue weighted by molar-refractivity contribution is 0.295. The predicted molar refractivity (Wildman–Crippen MR) is 177 cm³/mol. The van der Waals surface area contributed by atoms with E-state index in [-0.39, 0.29) is 11.5 Å². The highest BCUT2D eigenvalue weighted by Crippen LogP contribution is 2.54. The lowest BCUT2D eigenvalue weighted by atomic mass is 10.0. The summed E-state index contributed by atoms with van der Waals surface area (Å²) in [5, 5.41) is 0. The first kappa shape index (κ1) is 30.6. The molecule has 230 valence electrons. The van der Waals surface area contributed by atoms with Gasteiger partial charge in [0.1, 0.15) is 34.5 Å². The Kier molecular flexibility index (Phi) is 9.40. The first-order chi connectivity index (χ1) is 22.5. The molecule has 0 aliphatic carbocycles. The van der Waals surface area contributed by atoms with Gasteiger partial charge in [-0.25, -0.2) is 0 Å². The number of phosphoric acid groups is 2. The van der Waals surface area contributed by atoms with Crippen LogP contribution in [0.15, 0.2) is 170 Å². The van der Waals surface area contributed by atoms with Gasteiger partial charge in [0.15, 0.2) is 0 Å². The Hall–Kier alpha value is -5.42. The molecular weight excluding hydrogens is 622 g/mol. The summed E-state index contributed by atoms with van der Waals surface area (Å²) >= 11 is 0. The molecular formula is C36H28O8P2. The van der Waals surface area contributed by atoms with Crippen molar-refractivity contribution in [1.82, 2.24) is 0 Å². The Morgan fingerprint density at radius 3 is 0.804 bits per heavy atom. The van der Waals surface area contributed by atoms with E-state index >= 15 is 0 Å². The van der Waals surface area contributed by atoms with Gasteiger partial charge in [-0.2, -0.15) is 9.13 Å². The Labute approximate surface area is 266 Å². The Bertz CT molecular complexity index is 1720. The van der Waals surface area contributed by atoms with Crippen molar-refractivity contribution in [3.05, 3.63) is 170 Å². The van der Waals surface area contributed by atoms with E-state index in [1.807, 2.05) is 24.3 Å². The lowest BCUT2D eigenvalue weighted by Crippen LogP contribution is -2.09. The quantitative estimate of drug-likeness (QED) is 0.114. The number of hydrogen-bond acceptors (Lipinski definition) is 8. The van der Waals surface area contributed by atoms with Crippen LogP contribution >= 0.6 is 15.6 Å². The van der Waals surface area contributed by atoms with Gasteiger partial charge in [-0.15, -0.1) is 0 Å². The molecule has 46 heavy (non-hydrogen) atoms. The second kappa shape index (κ2) is 14.1. The number of hydrogen-bond donors (Lipinski definition) is 0. The maximum Gasteiger partial charge on any atom is 0.647 e. The van der Waals surface area contributed by atoms with E-state index < -0.39 is 15.6 Å². The maximum absolute atomic E-state index is 14.2. The topological polar surface area (TPSA) is 89.5 Å². The van der Waals surface area contributed by atoms with Gasteiger partial charge in [0.2, 0.25) is 0 Å². The molecule has 0 bridgehead atoms. The second-order valence-corrected chi connectivity index (χ2v) is 12.6. The second-order valence-electron chi connectivity index (χ2n) is 9.69. The van der Waals surface area contributed by atoms with Crippen molar-refractivity contribution in [1.29, 1.82) is 0 Å². The molecule has 6 rings (SSSR count). The molecule has 0 aliphatic heterocycles. The molecule has 8 nitrogen and oxygen atoms in total. The molecule has 0 amide bonds. The van der Waals surface area contributed by atoms with E-state index in [0.717, 1.165) is 0 Å². The molecule has 0 heterocycles. The monoisotopic (exact) mass is 650 g/mol. The fraction of sp³-hybridized carbons (Fsp3) is 0. The molecule has 0 atom stereocenters. The summed E-state index contributed by atoms with van der Waals surface area (Å²) < 4.78 is 64.0. The zero-order chi connectivity index (χ0) is 31.7. The van der Waals surface area contributed by atoms with Gasteiger partial charge in [0.25, 0.3) is 0 Å². The lowest BCUT2D eigenvalue weighted by Gasteiger charge is -2.23. The van der Waals surface area contributed by atoms with E-state index in [0.29, 0.717) is 34.1 Å². The third-order valence-corrected chi connectivity index (χ3v) is 8.90. The van der Waals surface area contributed by atoms with Crippen molar-refractivity contribution in [3.63, 3.8) is 0 Å². The molecule has 0 N–H and O–H groups in total. The molecule has 10 heteroatoms. The van der Waals surface area contributed by atoms with Crippen LogP contribution in [-0.4, -0.2) is 0 Å². The van der Waals surface area contributed by atoms with Crippen LogP contribution in [0.4, 0.5) is 0 Å². The van der Waals surface area contributed by atoms with Crippen LogP contribution in [0.5, 0.6) is 34.5 Å². The van der Waals surface area contributed by atoms with Crippen molar-refractivity contribution < 1.29 is 36.3 Å². The molecule has 0 fully saturated rings. The molecule has 0 aliphatic rings. The van der Waals surface area contributed by atoms with Crippen LogP contribution < -0.4 is 27.1 Å². The SMILES string of the molecule is O=P(Oc1ccccc1)(Oc1ccccc1)Oc1ccccc1-c1ccccc1OP(=O)(Oc1ccccc1)Oc1ccccc1. The number of benzene rings is 6. The highest BCUT2D eigenvalue weighted by Gasteiger charge is 2.36. The van der Waals surface area contributed by atoms with Crippen LogP contribution in [0.25, 0.3) is 11.1 Å². The van der Waals surface area contributed by atoms with Crippen molar-refractivity contribution >= 4 is 15.6 Å². The van der Waals surface area contributed by atoms with Crippen molar-refractivity contribution in [2.45, 2.75) is 0 Å². The number of rotatable bonds is 13. The van der Waals surface area contributed by atoms with Crippen molar-refractivity contribution in [3.8, 4) is 45.6 Å². The van der Waals surface area contributed by atoms with Gasteiger partial charge in [0.05, 0.1) is 0 Å². The number of phosphoric ester groups is 2. The van der Waals surface area contributed by atoms with E-state index in [4.69, 9.17) is 27.1 Å². The van der Waals surface area contributed by atoms with Gasteiger partial charge >= 0.3 is 15.6 Å². The summed E-state index contributed by atoms with van der Waals surface area (Å²) in [4.78, 5) is 0.